The van der Waals surface area contributed by atoms with E-state index in [9.17, 15) is 2.74 Å². The second-order valence-electron chi connectivity index (χ2n) is 24.5. The third-order valence-corrected chi connectivity index (χ3v) is 15.0. The first-order chi connectivity index (χ1) is 36.5. The number of benzene rings is 8. The summed E-state index contributed by atoms with van der Waals surface area (Å²) >= 11 is 0. The number of anilines is 4. The third-order valence-electron chi connectivity index (χ3n) is 15.0. The van der Waals surface area contributed by atoms with Crippen LogP contribution in [0.1, 0.15) is 108 Å². The lowest BCUT2D eigenvalue weighted by Gasteiger charge is -2.31. The molecule has 3 heterocycles. The van der Waals surface area contributed by atoms with Crippen LogP contribution in [0.2, 0.25) is 0 Å². The van der Waals surface area contributed by atoms with Gasteiger partial charge >= 0.3 is 0 Å². The van der Waals surface area contributed by atoms with E-state index in [-0.39, 0.29) is 21.7 Å². The molecule has 10 aromatic rings. The smallest absolute Gasteiger partial charge is 0.137 e. The zero-order chi connectivity index (χ0) is 54.3. The Labute approximate surface area is 447 Å². The SMILES string of the molecule is [2H]c1cc(-c2ccc(C(C)(C)C)cc2)cc([2H])c1-c1cccc(-c2ccc(C(C)(C)C)cc2C(C)(C)C)c1N1CN(c2cccc(Oc3ccc4c5ccccc5n(-c5cc(C(C)(C)C)ccn5)c4c3)c2)c2ccccc21. The summed E-state index contributed by atoms with van der Waals surface area (Å²) in [4.78, 5) is 9.65. The molecule has 75 heavy (non-hydrogen) atoms. The molecule has 0 N–H and O–H groups in total. The summed E-state index contributed by atoms with van der Waals surface area (Å²) in [7, 11) is 0. The molecule has 1 aliphatic heterocycles. The number of hydrogen-bond acceptors (Lipinski definition) is 4. The van der Waals surface area contributed by atoms with Crippen LogP contribution in [0, 0.1) is 0 Å². The number of para-hydroxylation sites is 4. The molecule has 0 amide bonds. The third kappa shape index (κ3) is 9.39. The lowest BCUT2D eigenvalue weighted by Crippen LogP contribution is -2.25. The van der Waals surface area contributed by atoms with Gasteiger partial charge in [-0.25, -0.2) is 4.98 Å². The van der Waals surface area contributed by atoms with Gasteiger partial charge in [-0.05, 0) is 121 Å². The summed E-state index contributed by atoms with van der Waals surface area (Å²) in [6.45, 7) is 27.5. The van der Waals surface area contributed by atoms with Crippen LogP contribution >= 0.6 is 0 Å². The molecular formula is C70H70N4O. The minimum absolute atomic E-state index is 0.0172. The number of fused-ring (bicyclic) bond motifs is 4. The molecule has 5 heteroatoms. The maximum atomic E-state index is 9.79. The molecular weight excluding hydrogens is 913 g/mol. The predicted molar refractivity (Wildman–Crippen MR) is 318 cm³/mol. The van der Waals surface area contributed by atoms with Gasteiger partial charge in [-0.15, -0.1) is 0 Å². The lowest BCUT2D eigenvalue weighted by atomic mass is 9.76. The quantitative estimate of drug-likeness (QED) is 0.152. The van der Waals surface area contributed by atoms with Gasteiger partial charge in [0.25, 0.3) is 0 Å². The van der Waals surface area contributed by atoms with Crippen LogP contribution in [0.25, 0.3) is 61.0 Å². The van der Waals surface area contributed by atoms with Crippen LogP contribution in [0.15, 0.2) is 194 Å². The number of nitrogens with zero attached hydrogens (tertiary/aromatic N) is 4. The molecule has 0 bridgehead atoms. The average Bonchev–Trinajstić information content (AvgIpc) is 3.98. The fraction of sp³-hybridized carbons (Fsp3) is 0.243. The Bertz CT molecular complexity index is 3870. The van der Waals surface area contributed by atoms with Crippen molar-refractivity contribution in [3.05, 3.63) is 216 Å². The first-order valence-corrected chi connectivity index (χ1v) is 26.5. The predicted octanol–water partition coefficient (Wildman–Crippen LogP) is 19.4. The second kappa shape index (κ2) is 18.5. The van der Waals surface area contributed by atoms with E-state index in [2.05, 4.69) is 255 Å². The van der Waals surface area contributed by atoms with Gasteiger partial charge in [0, 0.05) is 45.9 Å². The minimum Gasteiger partial charge on any atom is -0.457 e. The van der Waals surface area contributed by atoms with Crippen molar-refractivity contribution >= 4 is 44.6 Å². The summed E-state index contributed by atoms with van der Waals surface area (Å²) in [5.74, 6) is 2.32. The summed E-state index contributed by atoms with van der Waals surface area (Å²) in [6.07, 6.45) is 1.91. The van der Waals surface area contributed by atoms with Gasteiger partial charge in [0.15, 0.2) is 0 Å². The van der Waals surface area contributed by atoms with Crippen molar-refractivity contribution in [3.8, 4) is 50.7 Å². The molecule has 5 nitrogen and oxygen atoms in total. The second-order valence-corrected chi connectivity index (χ2v) is 24.5. The molecule has 0 atom stereocenters. The Morgan fingerprint density at radius 2 is 1.04 bits per heavy atom. The van der Waals surface area contributed by atoms with Crippen LogP contribution in [0.3, 0.4) is 0 Å². The number of ether oxygens (including phenoxy) is 1. The molecule has 8 aromatic carbocycles. The van der Waals surface area contributed by atoms with Crippen LogP contribution < -0.4 is 14.5 Å². The molecule has 0 spiro atoms. The van der Waals surface area contributed by atoms with Crippen molar-refractivity contribution in [2.24, 2.45) is 0 Å². The monoisotopic (exact) mass is 985 g/mol. The van der Waals surface area contributed by atoms with Crippen LogP contribution in [-0.2, 0) is 21.7 Å². The average molecular weight is 985 g/mol. The minimum atomic E-state index is -0.195. The lowest BCUT2D eigenvalue weighted by molar-refractivity contribution is 0.483. The van der Waals surface area contributed by atoms with Crippen molar-refractivity contribution in [1.29, 1.82) is 0 Å². The van der Waals surface area contributed by atoms with Crippen LogP contribution in [0.5, 0.6) is 11.5 Å². The zero-order valence-electron chi connectivity index (χ0n) is 47.7. The molecule has 1 aliphatic rings. The van der Waals surface area contributed by atoms with E-state index >= 15 is 0 Å². The van der Waals surface area contributed by atoms with Gasteiger partial charge in [-0.1, -0.05) is 204 Å². The van der Waals surface area contributed by atoms with Crippen LogP contribution in [-0.4, -0.2) is 16.2 Å². The first-order valence-electron chi connectivity index (χ1n) is 27.5. The molecule has 376 valence electrons. The van der Waals surface area contributed by atoms with E-state index in [1.165, 1.54) is 22.3 Å². The van der Waals surface area contributed by atoms with Crippen molar-refractivity contribution in [2.75, 3.05) is 16.5 Å². The highest BCUT2D eigenvalue weighted by Gasteiger charge is 2.33. The number of rotatable bonds is 8. The van der Waals surface area contributed by atoms with Gasteiger partial charge in [-0.2, -0.15) is 0 Å². The van der Waals surface area contributed by atoms with Gasteiger partial charge in [0.1, 0.15) is 24.0 Å². The van der Waals surface area contributed by atoms with Crippen molar-refractivity contribution in [2.45, 2.75) is 105 Å². The largest absolute Gasteiger partial charge is 0.457 e. The van der Waals surface area contributed by atoms with E-state index in [1.54, 1.807) is 0 Å². The Morgan fingerprint density at radius 3 is 1.75 bits per heavy atom. The highest BCUT2D eigenvalue weighted by Crippen LogP contribution is 2.52. The number of pyridine rings is 1. The zero-order valence-corrected chi connectivity index (χ0v) is 45.7. The maximum Gasteiger partial charge on any atom is 0.137 e. The Balaban J connectivity index is 1.02. The molecule has 0 fully saturated rings. The molecule has 11 rings (SSSR count). The molecule has 2 aromatic heterocycles. The van der Waals surface area contributed by atoms with Crippen molar-refractivity contribution in [3.63, 3.8) is 0 Å². The van der Waals surface area contributed by atoms with E-state index in [0.717, 1.165) is 83.9 Å². The summed E-state index contributed by atoms with van der Waals surface area (Å²) in [5, 5.41) is 2.30. The topological polar surface area (TPSA) is 33.5 Å². The molecule has 0 radical (unpaired) electrons. The highest BCUT2D eigenvalue weighted by molar-refractivity contribution is 6.09. The standard InChI is InChI=1S/C70H70N4O/c1-67(2,3)49-33-31-47(32-34-49)46-27-29-48(30-28-46)55-22-18-23-59(56-37-35-50(68(4,5)6)41-60(56)70(10,11)12)66(55)73-45-72(62-25-15-16-26-63(62)73)52-19-17-20-53(43-52)75-54-36-38-58-57-21-13-14-24-61(57)74(64(58)44-54)65-42-51(39-40-71-65)69(7,8)9/h13-44H,45H2,1-12H3/i29D,30D. The maximum absolute atomic E-state index is 9.79. The van der Waals surface area contributed by atoms with Gasteiger partial charge in [0.2, 0.25) is 0 Å². The van der Waals surface area contributed by atoms with Gasteiger partial charge in [0.05, 0.1) is 30.8 Å². The van der Waals surface area contributed by atoms with Gasteiger partial charge < -0.3 is 14.5 Å². The van der Waals surface area contributed by atoms with Gasteiger partial charge in [-0.3, -0.25) is 4.57 Å². The van der Waals surface area contributed by atoms with E-state index < -0.39 is 0 Å². The number of hydrogen-bond donors (Lipinski definition) is 0. The Morgan fingerprint density at radius 1 is 0.440 bits per heavy atom. The summed E-state index contributed by atoms with van der Waals surface area (Å²) < 4.78 is 28.7. The fourth-order valence-electron chi connectivity index (χ4n) is 10.7. The molecule has 0 saturated heterocycles. The Kier molecular flexibility index (Phi) is 11.6. The fourth-order valence-corrected chi connectivity index (χ4v) is 10.7. The van der Waals surface area contributed by atoms with E-state index in [0.29, 0.717) is 30.1 Å². The molecule has 0 saturated carbocycles. The number of aromatic nitrogens is 2. The summed E-state index contributed by atoms with van der Waals surface area (Å²) in [5.41, 5.74) is 16.3. The molecule has 0 unspecified atom stereocenters. The van der Waals surface area contributed by atoms with Crippen LogP contribution in [0.4, 0.5) is 22.7 Å². The Hall–Kier alpha value is -7.89. The molecule has 0 aliphatic carbocycles. The van der Waals surface area contributed by atoms with E-state index in [1.807, 2.05) is 24.4 Å². The van der Waals surface area contributed by atoms with E-state index in [4.69, 9.17) is 9.72 Å². The highest BCUT2D eigenvalue weighted by atomic mass is 16.5. The van der Waals surface area contributed by atoms with Crippen molar-refractivity contribution in [1.82, 2.24) is 9.55 Å². The normalized spacial score (nSPS) is 13.6. The van der Waals surface area contributed by atoms with Crippen molar-refractivity contribution < 1.29 is 7.48 Å². The first kappa shape index (κ1) is 46.9. The summed E-state index contributed by atoms with van der Waals surface area (Å²) in [6, 6.07) is 62.6.